The SMILES string of the molecule is CCn1cc2c3c(cc(C(=O)N[C@@H](Cc4ccccc4)[C@H](O)CNCCOC)cc31)N(C)S(=O)(=O)CC2. The van der Waals surface area contributed by atoms with Crippen molar-refractivity contribution in [1.29, 1.82) is 0 Å². The van der Waals surface area contributed by atoms with Crippen LogP contribution in [-0.4, -0.2) is 75.8 Å². The summed E-state index contributed by atoms with van der Waals surface area (Å²) in [5.74, 6) is -0.347. The first-order chi connectivity index (χ1) is 17.7. The average Bonchev–Trinajstić information content (AvgIpc) is 3.22. The van der Waals surface area contributed by atoms with E-state index in [2.05, 4.69) is 10.6 Å². The number of carbonyl (C=O) groups excluding carboxylic acids is 1. The standard InChI is InChI=1S/C27H36N4O5S/c1-4-31-18-20-10-13-37(34,35)30(2)23-15-21(16-24(31)26(20)23)27(33)29-22(14-19-8-6-5-7-9-19)25(32)17-28-11-12-36-3/h5-9,15-16,18,22,25,28,32H,4,10-14,17H2,1-3H3,(H,29,33)/t22-,25+/m0/s1. The summed E-state index contributed by atoms with van der Waals surface area (Å²) >= 11 is 0. The Balaban J connectivity index is 1.66. The van der Waals surface area contributed by atoms with Gasteiger partial charge in [-0.25, -0.2) is 8.42 Å². The molecule has 2 heterocycles. The maximum atomic E-state index is 13.6. The highest BCUT2D eigenvalue weighted by Gasteiger charge is 2.29. The highest BCUT2D eigenvalue weighted by molar-refractivity contribution is 7.92. The topological polar surface area (TPSA) is 113 Å². The zero-order valence-corrected chi connectivity index (χ0v) is 22.4. The number of aliphatic hydroxyl groups is 1. The maximum absolute atomic E-state index is 13.6. The lowest BCUT2D eigenvalue weighted by Gasteiger charge is -2.25. The van der Waals surface area contributed by atoms with Gasteiger partial charge < -0.3 is 25.0 Å². The normalized spacial score (nSPS) is 16.4. The van der Waals surface area contributed by atoms with E-state index in [-0.39, 0.29) is 18.2 Å². The second-order valence-electron chi connectivity index (χ2n) is 9.40. The number of hydrogen-bond acceptors (Lipinski definition) is 6. The van der Waals surface area contributed by atoms with Gasteiger partial charge in [0, 0.05) is 50.9 Å². The minimum Gasteiger partial charge on any atom is -0.390 e. The van der Waals surface area contributed by atoms with E-state index < -0.39 is 22.2 Å². The Labute approximate surface area is 218 Å². The van der Waals surface area contributed by atoms with Gasteiger partial charge in [0.05, 0.1) is 35.7 Å². The molecule has 1 aliphatic rings. The monoisotopic (exact) mass is 528 g/mol. The fraction of sp³-hybridized carbons (Fsp3) is 0.444. The number of carbonyl (C=O) groups is 1. The molecule has 0 unspecified atom stereocenters. The molecule has 10 heteroatoms. The van der Waals surface area contributed by atoms with Crippen LogP contribution in [0.15, 0.2) is 48.7 Å². The molecule has 4 rings (SSSR count). The Hall–Kier alpha value is -2.92. The van der Waals surface area contributed by atoms with Crippen molar-refractivity contribution in [2.75, 3.05) is 43.9 Å². The molecular weight excluding hydrogens is 492 g/mol. The molecule has 1 amide bonds. The number of aryl methyl sites for hydroxylation is 2. The Morgan fingerprint density at radius 3 is 2.68 bits per heavy atom. The lowest BCUT2D eigenvalue weighted by atomic mass is 10.00. The van der Waals surface area contributed by atoms with Crippen LogP contribution in [0.1, 0.15) is 28.4 Å². The highest BCUT2D eigenvalue weighted by Crippen LogP contribution is 2.36. The van der Waals surface area contributed by atoms with Crippen LogP contribution < -0.4 is 14.9 Å². The number of aromatic nitrogens is 1. The largest absolute Gasteiger partial charge is 0.390 e. The summed E-state index contributed by atoms with van der Waals surface area (Å²) in [4.78, 5) is 13.6. The number of methoxy groups -OCH3 is 1. The molecule has 3 N–H and O–H groups in total. The van der Waals surface area contributed by atoms with Crippen LogP contribution in [0.4, 0.5) is 5.69 Å². The predicted molar refractivity (Wildman–Crippen MR) is 146 cm³/mol. The van der Waals surface area contributed by atoms with Gasteiger partial charge in [-0.3, -0.25) is 9.10 Å². The Kier molecular flexibility index (Phi) is 8.53. The van der Waals surface area contributed by atoms with Crippen molar-refractivity contribution in [3.05, 3.63) is 65.4 Å². The van der Waals surface area contributed by atoms with Crippen LogP contribution >= 0.6 is 0 Å². The van der Waals surface area contributed by atoms with Crippen molar-refractivity contribution in [3.8, 4) is 0 Å². The summed E-state index contributed by atoms with van der Waals surface area (Å²) < 4.78 is 34.1. The molecule has 2 aromatic carbocycles. The molecule has 1 aliphatic heterocycles. The van der Waals surface area contributed by atoms with Gasteiger partial charge in [-0.2, -0.15) is 0 Å². The van der Waals surface area contributed by atoms with Gasteiger partial charge >= 0.3 is 0 Å². The third-order valence-electron chi connectivity index (χ3n) is 6.94. The van der Waals surface area contributed by atoms with Gasteiger partial charge in [0.25, 0.3) is 5.91 Å². The molecule has 0 saturated carbocycles. The van der Waals surface area contributed by atoms with Crippen molar-refractivity contribution in [2.45, 2.75) is 38.5 Å². The van der Waals surface area contributed by atoms with E-state index in [1.807, 2.05) is 54.1 Å². The number of hydrogen-bond donors (Lipinski definition) is 3. The second-order valence-corrected chi connectivity index (χ2v) is 11.5. The minimum atomic E-state index is -3.50. The van der Waals surface area contributed by atoms with Crippen LogP contribution in [0.3, 0.4) is 0 Å². The first-order valence-electron chi connectivity index (χ1n) is 12.6. The number of rotatable bonds is 11. The first-order valence-corrected chi connectivity index (χ1v) is 14.2. The van der Waals surface area contributed by atoms with E-state index in [1.165, 1.54) is 11.4 Å². The predicted octanol–water partition coefficient (Wildman–Crippen LogP) is 1.92. The van der Waals surface area contributed by atoms with E-state index in [9.17, 15) is 18.3 Å². The van der Waals surface area contributed by atoms with E-state index in [1.54, 1.807) is 13.2 Å². The molecule has 37 heavy (non-hydrogen) atoms. The number of sulfonamides is 1. The van der Waals surface area contributed by atoms with Gasteiger partial charge in [0.1, 0.15) is 0 Å². The summed E-state index contributed by atoms with van der Waals surface area (Å²) in [6.45, 7) is 4.09. The summed E-state index contributed by atoms with van der Waals surface area (Å²) in [6.07, 6.45) is 2.01. The van der Waals surface area contributed by atoms with E-state index in [0.717, 1.165) is 22.0 Å². The number of ether oxygens (including phenoxy) is 1. The first kappa shape index (κ1) is 27.1. The third-order valence-corrected chi connectivity index (χ3v) is 8.69. The van der Waals surface area contributed by atoms with E-state index >= 15 is 0 Å². The number of amides is 1. The molecule has 3 aromatic rings. The summed E-state index contributed by atoms with van der Waals surface area (Å²) in [6, 6.07) is 12.6. The summed E-state index contributed by atoms with van der Waals surface area (Å²) in [7, 11) is -0.348. The molecule has 0 spiro atoms. The van der Waals surface area contributed by atoms with E-state index in [0.29, 0.717) is 43.8 Å². The molecule has 200 valence electrons. The summed E-state index contributed by atoms with van der Waals surface area (Å²) in [5.41, 5.74) is 3.63. The second kappa shape index (κ2) is 11.6. The molecule has 2 atom stereocenters. The van der Waals surface area contributed by atoms with Crippen LogP contribution in [0.25, 0.3) is 10.9 Å². The van der Waals surface area contributed by atoms with Crippen LogP contribution in [0.2, 0.25) is 0 Å². The molecule has 0 bridgehead atoms. The van der Waals surface area contributed by atoms with Crippen LogP contribution in [0.5, 0.6) is 0 Å². The third kappa shape index (κ3) is 5.98. The van der Waals surface area contributed by atoms with Crippen molar-refractivity contribution in [1.82, 2.24) is 15.2 Å². The fourth-order valence-corrected chi connectivity index (χ4v) is 6.01. The number of benzene rings is 2. The van der Waals surface area contributed by atoms with Crippen LogP contribution in [-0.2, 0) is 34.1 Å². The Morgan fingerprint density at radius 1 is 1.22 bits per heavy atom. The highest BCUT2D eigenvalue weighted by atomic mass is 32.2. The molecule has 0 radical (unpaired) electrons. The van der Waals surface area contributed by atoms with Gasteiger partial charge in [0.15, 0.2) is 0 Å². The minimum absolute atomic E-state index is 0.0178. The quantitative estimate of drug-likeness (QED) is 0.328. The Morgan fingerprint density at radius 2 is 1.97 bits per heavy atom. The van der Waals surface area contributed by atoms with Gasteiger partial charge in [-0.15, -0.1) is 0 Å². The average molecular weight is 529 g/mol. The molecule has 0 saturated heterocycles. The molecule has 0 fully saturated rings. The maximum Gasteiger partial charge on any atom is 0.251 e. The molecule has 9 nitrogen and oxygen atoms in total. The van der Waals surface area contributed by atoms with Crippen LogP contribution in [0, 0.1) is 0 Å². The number of anilines is 1. The molecule has 1 aromatic heterocycles. The van der Waals surface area contributed by atoms with Crippen molar-refractivity contribution in [2.24, 2.45) is 0 Å². The number of nitrogens with zero attached hydrogens (tertiary/aromatic N) is 2. The van der Waals surface area contributed by atoms with Gasteiger partial charge in [-0.1, -0.05) is 30.3 Å². The van der Waals surface area contributed by atoms with Crippen molar-refractivity contribution >= 4 is 32.5 Å². The smallest absolute Gasteiger partial charge is 0.251 e. The van der Waals surface area contributed by atoms with E-state index in [4.69, 9.17) is 4.74 Å². The molecular formula is C27H36N4O5S. The van der Waals surface area contributed by atoms with Crippen molar-refractivity contribution < 1.29 is 23.1 Å². The lowest BCUT2D eigenvalue weighted by molar-refractivity contribution is 0.0825. The van der Waals surface area contributed by atoms with Gasteiger partial charge in [0.2, 0.25) is 10.0 Å². The zero-order chi connectivity index (χ0) is 26.6. The number of nitrogens with one attached hydrogen (secondary N) is 2. The molecule has 0 aliphatic carbocycles. The lowest BCUT2D eigenvalue weighted by Crippen LogP contribution is -2.49. The van der Waals surface area contributed by atoms with Gasteiger partial charge in [-0.05, 0) is 43.0 Å². The summed E-state index contributed by atoms with van der Waals surface area (Å²) in [5, 5.41) is 18.0. The fourth-order valence-electron chi connectivity index (χ4n) is 4.82. The number of aliphatic hydroxyl groups excluding tert-OH is 1. The zero-order valence-electron chi connectivity index (χ0n) is 21.6. The Bertz CT molecular complexity index is 1340. The van der Waals surface area contributed by atoms with Crippen molar-refractivity contribution in [3.63, 3.8) is 0 Å².